The summed E-state index contributed by atoms with van der Waals surface area (Å²) in [4.78, 5) is 0.889. The summed E-state index contributed by atoms with van der Waals surface area (Å²) in [6.45, 7) is 1.81. The molecule has 0 atom stereocenters. The van der Waals surface area contributed by atoms with Gasteiger partial charge in [0.2, 0.25) is 0 Å². The van der Waals surface area contributed by atoms with Crippen molar-refractivity contribution in [2.45, 2.75) is 11.8 Å². The van der Waals surface area contributed by atoms with Crippen molar-refractivity contribution < 1.29 is 5.11 Å². The van der Waals surface area contributed by atoms with Crippen molar-refractivity contribution >= 4 is 11.8 Å². The fraction of sp³-hybridized carbons (Fsp3) is 0.200. The Morgan fingerprint density at radius 2 is 2.17 bits per heavy atom. The highest BCUT2D eigenvalue weighted by Gasteiger charge is 1.96. The average molecular weight is 178 g/mol. The largest absolute Gasteiger partial charge is 0.507 e. The van der Waals surface area contributed by atoms with Crippen LogP contribution in [0.5, 0.6) is 5.75 Å². The van der Waals surface area contributed by atoms with Gasteiger partial charge in [-0.15, -0.1) is 17.7 Å². The van der Waals surface area contributed by atoms with Gasteiger partial charge in [-0.3, -0.25) is 0 Å². The average Bonchev–Trinajstić information content (AvgIpc) is 2.09. The number of phenols is 1. The van der Waals surface area contributed by atoms with Crippen LogP contribution in [0.3, 0.4) is 0 Å². The molecule has 0 spiro atoms. The fourth-order valence-corrected chi connectivity index (χ4v) is 1.53. The van der Waals surface area contributed by atoms with Crippen molar-refractivity contribution in [1.82, 2.24) is 0 Å². The summed E-state index contributed by atoms with van der Waals surface area (Å²) in [5, 5.41) is 9.34. The van der Waals surface area contributed by atoms with E-state index in [-0.39, 0.29) is 0 Å². The van der Waals surface area contributed by atoms with E-state index in [1.54, 1.807) is 17.8 Å². The van der Waals surface area contributed by atoms with Crippen molar-refractivity contribution in [3.05, 3.63) is 24.3 Å². The summed E-state index contributed by atoms with van der Waals surface area (Å²) in [6, 6.07) is 7.28. The number of hydrogen-bond acceptors (Lipinski definition) is 2. The lowest BCUT2D eigenvalue weighted by Crippen LogP contribution is -1.74. The molecule has 1 rings (SSSR count). The van der Waals surface area contributed by atoms with Crippen LogP contribution >= 0.6 is 11.8 Å². The predicted molar refractivity (Wildman–Crippen MR) is 52.3 cm³/mol. The molecular formula is C10H10OS. The van der Waals surface area contributed by atoms with Gasteiger partial charge >= 0.3 is 0 Å². The minimum absolute atomic E-state index is 0.334. The van der Waals surface area contributed by atoms with Crippen molar-refractivity contribution in [2.24, 2.45) is 0 Å². The Hall–Kier alpha value is -1.07. The second-order valence-electron chi connectivity index (χ2n) is 2.18. The monoisotopic (exact) mass is 178 g/mol. The third-order valence-corrected chi connectivity index (χ3v) is 2.29. The SMILES string of the molecule is CC#CCSc1ccccc1O. The lowest BCUT2D eigenvalue weighted by atomic mass is 10.3. The van der Waals surface area contributed by atoms with Crippen LogP contribution in [0.1, 0.15) is 6.92 Å². The smallest absolute Gasteiger partial charge is 0.129 e. The van der Waals surface area contributed by atoms with Crippen molar-refractivity contribution in [3.8, 4) is 17.6 Å². The van der Waals surface area contributed by atoms with E-state index in [0.717, 1.165) is 10.6 Å². The second-order valence-corrected chi connectivity index (χ2v) is 3.20. The lowest BCUT2D eigenvalue weighted by molar-refractivity contribution is 0.462. The van der Waals surface area contributed by atoms with E-state index in [0.29, 0.717) is 5.75 Å². The zero-order valence-electron chi connectivity index (χ0n) is 6.87. The van der Waals surface area contributed by atoms with Crippen LogP contribution in [0.15, 0.2) is 29.2 Å². The van der Waals surface area contributed by atoms with Gasteiger partial charge in [-0.1, -0.05) is 18.1 Å². The van der Waals surface area contributed by atoms with Gasteiger partial charge in [0, 0.05) is 0 Å². The first-order valence-electron chi connectivity index (χ1n) is 3.65. The van der Waals surface area contributed by atoms with Crippen LogP contribution in [-0.2, 0) is 0 Å². The molecule has 0 aliphatic carbocycles. The van der Waals surface area contributed by atoms with Crippen LogP contribution < -0.4 is 0 Å². The maximum atomic E-state index is 9.34. The quantitative estimate of drug-likeness (QED) is 0.554. The Bertz CT molecular complexity index is 309. The molecule has 0 aliphatic rings. The summed E-state index contributed by atoms with van der Waals surface area (Å²) < 4.78 is 0. The van der Waals surface area contributed by atoms with E-state index < -0.39 is 0 Å². The van der Waals surface area contributed by atoms with Gasteiger partial charge in [-0.25, -0.2) is 0 Å². The summed E-state index contributed by atoms with van der Waals surface area (Å²) in [7, 11) is 0. The van der Waals surface area contributed by atoms with Gasteiger partial charge in [0.05, 0.1) is 10.6 Å². The molecule has 62 valence electrons. The fourth-order valence-electron chi connectivity index (χ4n) is 0.765. The highest BCUT2D eigenvalue weighted by atomic mass is 32.2. The van der Waals surface area contributed by atoms with Crippen LogP contribution in [0.25, 0.3) is 0 Å². The Kier molecular flexibility index (Phi) is 3.56. The summed E-state index contributed by atoms with van der Waals surface area (Å²) in [5.74, 6) is 6.79. The van der Waals surface area contributed by atoms with Gasteiger partial charge < -0.3 is 5.11 Å². The molecule has 1 nitrogen and oxygen atoms in total. The molecule has 0 aliphatic heterocycles. The molecule has 0 radical (unpaired) electrons. The second kappa shape index (κ2) is 4.74. The van der Waals surface area contributed by atoms with Gasteiger partial charge in [-0.05, 0) is 19.1 Å². The molecule has 1 aromatic rings. The highest BCUT2D eigenvalue weighted by Crippen LogP contribution is 2.26. The number of rotatable bonds is 2. The third-order valence-electron chi connectivity index (χ3n) is 1.34. The molecule has 0 bridgehead atoms. The maximum absolute atomic E-state index is 9.34. The molecule has 0 fully saturated rings. The molecule has 0 amide bonds. The number of phenolic OH excluding ortho intramolecular Hbond substituents is 1. The molecule has 0 saturated heterocycles. The molecule has 0 saturated carbocycles. The van der Waals surface area contributed by atoms with Crippen LogP contribution in [0, 0.1) is 11.8 Å². The van der Waals surface area contributed by atoms with E-state index in [9.17, 15) is 5.11 Å². The molecule has 12 heavy (non-hydrogen) atoms. The summed E-state index contributed by atoms with van der Waals surface area (Å²) in [5.41, 5.74) is 0. The van der Waals surface area contributed by atoms with Crippen molar-refractivity contribution in [3.63, 3.8) is 0 Å². The van der Waals surface area contributed by atoms with Crippen molar-refractivity contribution in [2.75, 3.05) is 5.75 Å². The van der Waals surface area contributed by atoms with Crippen LogP contribution in [0.4, 0.5) is 0 Å². The lowest BCUT2D eigenvalue weighted by Gasteiger charge is -1.99. The maximum Gasteiger partial charge on any atom is 0.129 e. The van der Waals surface area contributed by atoms with E-state index >= 15 is 0 Å². The Balaban J connectivity index is 2.61. The molecular weight excluding hydrogens is 168 g/mol. The molecule has 0 aromatic heterocycles. The first-order chi connectivity index (χ1) is 5.84. The molecule has 0 unspecified atom stereocenters. The third kappa shape index (κ3) is 2.52. The summed E-state index contributed by atoms with van der Waals surface area (Å²) in [6.07, 6.45) is 0. The molecule has 1 aromatic carbocycles. The molecule has 2 heteroatoms. The topological polar surface area (TPSA) is 20.2 Å². The molecule has 0 heterocycles. The number of thioether (sulfide) groups is 1. The van der Waals surface area contributed by atoms with E-state index in [2.05, 4.69) is 11.8 Å². The molecule has 1 N–H and O–H groups in total. The van der Waals surface area contributed by atoms with Gasteiger partial charge in [0.15, 0.2) is 0 Å². The normalized spacial score (nSPS) is 8.75. The number of para-hydroxylation sites is 1. The van der Waals surface area contributed by atoms with Crippen LogP contribution in [-0.4, -0.2) is 10.9 Å². The predicted octanol–water partition coefficient (Wildman–Crippen LogP) is 2.51. The van der Waals surface area contributed by atoms with Gasteiger partial charge in [0.25, 0.3) is 0 Å². The zero-order valence-corrected chi connectivity index (χ0v) is 7.69. The first-order valence-corrected chi connectivity index (χ1v) is 4.63. The number of benzene rings is 1. The minimum Gasteiger partial charge on any atom is -0.507 e. The zero-order chi connectivity index (χ0) is 8.81. The standard InChI is InChI=1S/C10H10OS/c1-2-3-8-12-10-7-5-4-6-9(10)11/h4-7,11H,8H2,1H3. The van der Waals surface area contributed by atoms with E-state index in [1.165, 1.54) is 0 Å². The van der Waals surface area contributed by atoms with Gasteiger partial charge in [-0.2, -0.15) is 0 Å². The Morgan fingerprint density at radius 1 is 1.42 bits per heavy atom. The minimum atomic E-state index is 0.334. The van der Waals surface area contributed by atoms with Crippen molar-refractivity contribution in [1.29, 1.82) is 0 Å². The Morgan fingerprint density at radius 3 is 2.83 bits per heavy atom. The first kappa shape index (κ1) is 9.02. The van der Waals surface area contributed by atoms with Gasteiger partial charge in [0.1, 0.15) is 5.75 Å². The number of aromatic hydroxyl groups is 1. The highest BCUT2D eigenvalue weighted by molar-refractivity contribution is 7.99. The van der Waals surface area contributed by atoms with E-state index in [4.69, 9.17) is 0 Å². The Labute approximate surface area is 76.8 Å². The van der Waals surface area contributed by atoms with Crippen LogP contribution in [0.2, 0.25) is 0 Å². The summed E-state index contributed by atoms with van der Waals surface area (Å²) >= 11 is 1.55. The van der Waals surface area contributed by atoms with E-state index in [1.807, 2.05) is 25.1 Å². The number of hydrogen-bond donors (Lipinski definition) is 1.